The Kier molecular flexibility index (Phi) is 7.83. The van der Waals surface area contributed by atoms with Gasteiger partial charge in [0, 0.05) is 11.6 Å². The number of aryl methyl sites for hydroxylation is 2. The largest absolute Gasteiger partial charge is 0.497 e. The van der Waals surface area contributed by atoms with Crippen molar-refractivity contribution in [3.05, 3.63) is 64.7 Å². The molecule has 2 aromatic carbocycles. The Balaban J connectivity index is 1.89. The molecule has 0 radical (unpaired) electrons. The minimum atomic E-state index is -0.621. The number of methoxy groups -OCH3 is 2. The normalized spacial score (nSPS) is 11.8. The van der Waals surface area contributed by atoms with Crippen LogP contribution in [0.25, 0.3) is 6.08 Å². The number of benzene rings is 2. The maximum atomic E-state index is 12.1. The Morgan fingerprint density at radius 3 is 2.45 bits per heavy atom. The van der Waals surface area contributed by atoms with Gasteiger partial charge in [-0.25, -0.2) is 4.79 Å². The first-order chi connectivity index (χ1) is 13.8. The smallest absolute Gasteiger partial charge is 0.331 e. The molecule has 0 aliphatic carbocycles. The molecule has 6 nitrogen and oxygen atoms in total. The number of carbonyl (C=O) groups excluding carboxylic acids is 2. The van der Waals surface area contributed by atoms with Gasteiger partial charge in [0.1, 0.15) is 11.5 Å². The minimum absolute atomic E-state index is 0.183. The lowest BCUT2D eigenvalue weighted by Crippen LogP contribution is -2.31. The second-order valence-electron chi connectivity index (χ2n) is 6.68. The summed E-state index contributed by atoms with van der Waals surface area (Å²) < 4.78 is 15.4. The van der Waals surface area contributed by atoms with Crippen LogP contribution >= 0.6 is 0 Å². The maximum Gasteiger partial charge on any atom is 0.331 e. The lowest BCUT2D eigenvalue weighted by molar-refractivity contribution is -0.144. The summed E-state index contributed by atoms with van der Waals surface area (Å²) in [5.74, 6) is 0.244. The Labute approximate surface area is 171 Å². The van der Waals surface area contributed by atoms with Gasteiger partial charge in [0.15, 0.2) is 6.61 Å². The van der Waals surface area contributed by atoms with E-state index in [-0.39, 0.29) is 18.6 Å². The van der Waals surface area contributed by atoms with Crippen molar-refractivity contribution in [2.45, 2.75) is 26.8 Å². The summed E-state index contributed by atoms with van der Waals surface area (Å²) in [6, 6.07) is 11.1. The van der Waals surface area contributed by atoms with Gasteiger partial charge < -0.3 is 19.5 Å². The third-order valence-corrected chi connectivity index (χ3v) is 4.59. The van der Waals surface area contributed by atoms with Gasteiger partial charge >= 0.3 is 5.97 Å². The zero-order valence-corrected chi connectivity index (χ0v) is 17.4. The standard InChI is InChI=1S/C23H27NO5/c1-15-6-7-18(12-16(15)2)17(3)24-22(25)14-29-23(26)11-8-19-13-20(27-4)9-10-21(19)28-5/h6-13,17H,14H2,1-5H3,(H,24,25)/b11-8+/t17-/m1/s1. The van der Waals surface area contributed by atoms with Crippen molar-refractivity contribution in [1.82, 2.24) is 5.32 Å². The van der Waals surface area contributed by atoms with Crippen LogP contribution in [0.3, 0.4) is 0 Å². The Bertz CT molecular complexity index is 904. The highest BCUT2D eigenvalue weighted by Gasteiger charge is 2.12. The molecular formula is C23H27NO5. The molecule has 0 unspecified atom stereocenters. The van der Waals surface area contributed by atoms with Crippen LogP contribution in [0.4, 0.5) is 0 Å². The molecule has 2 rings (SSSR count). The molecule has 1 amide bonds. The van der Waals surface area contributed by atoms with Crippen molar-refractivity contribution < 1.29 is 23.8 Å². The van der Waals surface area contributed by atoms with Gasteiger partial charge in [-0.15, -0.1) is 0 Å². The summed E-state index contributed by atoms with van der Waals surface area (Å²) in [5.41, 5.74) is 4.02. The van der Waals surface area contributed by atoms with E-state index < -0.39 is 5.97 Å². The second kappa shape index (κ2) is 10.3. The van der Waals surface area contributed by atoms with Gasteiger partial charge in [-0.3, -0.25) is 4.79 Å². The highest BCUT2D eigenvalue weighted by Crippen LogP contribution is 2.25. The molecule has 1 N–H and O–H groups in total. The highest BCUT2D eigenvalue weighted by molar-refractivity contribution is 5.89. The first-order valence-corrected chi connectivity index (χ1v) is 9.27. The zero-order chi connectivity index (χ0) is 21.4. The van der Waals surface area contributed by atoms with Crippen molar-refractivity contribution in [1.29, 1.82) is 0 Å². The van der Waals surface area contributed by atoms with Gasteiger partial charge in [-0.1, -0.05) is 18.2 Å². The molecule has 1 atom stereocenters. The van der Waals surface area contributed by atoms with Gasteiger partial charge in [0.2, 0.25) is 0 Å². The molecule has 0 fully saturated rings. The first-order valence-electron chi connectivity index (χ1n) is 9.27. The van der Waals surface area contributed by atoms with E-state index in [1.54, 1.807) is 38.5 Å². The molecule has 6 heteroatoms. The second-order valence-corrected chi connectivity index (χ2v) is 6.68. The van der Waals surface area contributed by atoms with Crippen LogP contribution in [0, 0.1) is 13.8 Å². The van der Waals surface area contributed by atoms with E-state index in [4.69, 9.17) is 14.2 Å². The summed E-state index contributed by atoms with van der Waals surface area (Å²) >= 11 is 0. The molecule has 0 saturated carbocycles. The minimum Gasteiger partial charge on any atom is -0.497 e. The summed E-state index contributed by atoms with van der Waals surface area (Å²) in [6.07, 6.45) is 2.80. The van der Waals surface area contributed by atoms with E-state index in [0.717, 1.165) is 11.1 Å². The van der Waals surface area contributed by atoms with Gasteiger partial charge in [0.05, 0.1) is 20.3 Å². The number of rotatable bonds is 8. The lowest BCUT2D eigenvalue weighted by Gasteiger charge is -2.15. The predicted molar refractivity (Wildman–Crippen MR) is 112 cm³/mol. The Morgan fingerprint density at radius 1 is 1.03 bits per heavy atom. The Hall–Kier alpha value is -3.28. The van der Waals surface area contributed by atoms with E-state index in [1.165, 1.54) is 11.6 Å². The number of amides is 1. The highest BCUT2D eigenvalue weighted by atomic mass is 16.5. The van der Waals surface area contributed by atoms with E-state index in [9.17, 15) is 9.59 Å². The SMILES string of the molecule is COc1ccc(OC)c(/C=C/C(=O)OCC(=O)N[C@H](C)c2ccc(C)c(C)c2)c1. The molecule has 0 bridgehead atoms. The van der Waals surface area contributed by atoms with Crippen molar-refractivity contribution in [2.75, 3.05) is 20.8 Å². The van der Waals surface area contributed by atoms with E-state index in [1.807, 2.05) is 39.0 Å². The molecule has 0 aliphatic heterocycles. The van der Waals surface area contributed by atoms with E-state index >= 15 is 0 Å². The summed E-state index contributed by atoms with van der Waals surface area (Å²) in [5, 5.41) is 2.83. The molecule has 0 spiro atoms. The van der Waals surface area contributed by atoms with Crippen LogP contribution in [0.1, 0.15) is 35.2 Å². The molecule has 29 heavy (non-hydrogen) atoms. The summed E-state index contributed by atoms with van der Waals surface area (Å²) in [7, 11) is 3.10. The third-order valence-electron chi connectivity index (χ3n) is 4.59. The zero-order valence-electron chi connectivity index (χ0n) is 17.4. The quantitative estimate of drug-likeness (QED) is 0.542. The fourth-order valence-electron chi connectivity index (χ4n) is 2.71. The molecule has 154 valence electrons. The average Bonchev–Trinajstić information content (AvgIpc) is 2.72. The van der Waals surface area contributed by atoms with Crippen LogP contribution < -0.4 is 14.8 Å². The van der Waals surface area contributed by atoms with Crippen molar-refractivity contribution in [2.24, 2.45) is 0 Å². The van der Waals surface area contributed by atoms with Crippen molar-refractivity contribution in [3.8, 4) is 11.5 Å². The molecule has 2 aromatic rings. The van der Waals surface area contributed by atoms with Crippen LogP contribution in [0.2, 0.25) is 0 Å². The molecule has 0 saturated heterocycles. The topological polar surface area (TPSA) is 73.9 Å². The average molecular weight is 397 g/mol. The summed E-state index contributed by atoms with van der Waals surface area (Å²) in [6.45, 7) is 5.60. The number of nitrogens with one attached hydrogen (secondary N) is 1. The molecular weight excluding hydrogens is 370 g/mol. The van der Waals surface area contributed by atoms with E-state index in [2.05, 4.69) is 5.32 Å². The fourth-order valence-corrected chi connectivity index (χ4v) is 2.71. The fraction of sp³-hybridized carbons (Fsp3) is 0.304. The number of hydrogen-bond donors (Lipinski definition) is 1. The predicted octanol–water partition coefficient (Wildman–Crippen LogP) is 3.75. The number of carbonyl (C=O) groups is 2. The van der Waals surface area contributed by atoms with E-state index in [0.29, 0.717) is 17.1 Å². The summed E-state index contributed by atoms with van der Waals surface area (Å²) in [4.78, 5) is 24.0. The Morgan fingerprint density at radius 2 is 1.79 bits per heavy atom. The number of esters is 1. The van der Waals surface area contributed by atoms with Crippen LogP contribution in [0.15, 0.2) is 42.5 Å². The monoisotopic (exact) mass is 397 g/mol. The van der Waals surface area contributed by atoms with Crippen LogP contribution in [-0.4, -0.2) is 32.7 Å². The van der Waals surface area contributed by atoms with Crippen molar-refractivity contribution in [3.63, 3.8) is 0 Å². The first kappa shape index (κ1) is 22.0. The van der Waals surface area contributed by atoms with Gasteiger partial charge in [-0.2, -0.15) is 0 Å². The van der Waals surface area contributed by atoms with Crippen LogP contribution in [-0.2, 0) is 14.3 Å². The van der Waals surface area contributed by atoms with Crippen molar-refractivity contribution >= 4 is 18.0 Å². The maximum absolute atomic E-state index is 12.1. The number of ether oxygens (including phenoxy) is 3. The molecule has 0 aromatic heterocycles. The lowest BCUT2D eigenvalue weighted by atomic mass is 10.0. The number of hydrogen-bond acceptors (Lipinski definition) is 5. The molecule has 0 heterocycles. The molecule has 0 aliphatic rings. The third kappa shape index (κ3) is 6.38. The van der Waals surface area contributed by atoms with Gasteiger partial charge in [-0.05, 0) is 61.7 Å². The van der Waals surface area contributed by atoms with Gasteiger partial charge in [0.25, 0.3) is 5.91 Å². The van der Waals surface area contributed by atoms with Crippen LogP contribution in [0.5, 0.6) is 11.5 Å².